The topological polar surface area (TPSA) is 60.8 Å². The van der Waals surface area contributed by atoms with Crippen LogP contribution >= 0.6 is 0 Å². The summed E-state index contributed by atoms with van der Waals surface area (Å²) in [6.07, 6.45) is 2.77. The lowest BCUT2D eigenvalue weighted by atomic mass is 10.0. The van der Waals surface area contributed by atoms with Gasteiger partial charge in [0.05, 0.1) is 20.6 Å². The van der Waals surface area contributed by atoms with Crippen LogP contribution < -0.4 is 15.0 Å². The molecule has 0 fully saturated rings. The fraction of sp³-hybridized carbons (Fsp3) is 0.368. The standard InChI is InChI=1S/C19H22N2O4/c1-20-11-15-12-21(7-6-13(15)9-18(20)22)19(23)10-14-8-16(24-2)4-5-17(14)25-3/h4-5,8-9,11H,6-7,10,12H2,1-3H3. The predicted octanol–water partition coefficient (Wildman–Crippen LogP) is 1.53. The molecular weight excluding hydrogens is 320 g/mol. The van der Waals surface area contributed by atoms with Crippen molar-refractivity contribution in [3.05, 3.63) is 57.5 Å². The van der Waals surface area contributed by atoms with Crippen molar-refractivity contribution in [1.82, 2.24) is 9.47 Å². The quantitative estimate of drug-likeness (QED) is 0.845. The molecule has 0 unspecified atom stereocenters. The van der Waals surface area contributed by atoms with Crippen LogP contribution in [-0.4, -0.2) is 36.1 Å². The van der Waals surface area contributed by atoms with E-state index in [1.54, 1.807) is 31.9 Å². The van der Waals surface area contributed by atoms with E-state index in [4.69, 9.17) is 9.47 Å². The number of rotatable bonds is 4. The highest BCUT2D eigenvalue weighted by Gasteiger charge is 2.22. The van der Waals surface area contributed by atoms with E-state index >= 15 is 0 Å². The molecule has 0 radical (unpaired) electrons. The lowest BCUT2D eigenvalue weighted by Crippen LogP contribution is -2.38. The van der Waals surface area contributed by atoms with Crippen molar-refractivity contribution in [1.29, 1.82) is 0 Å². The number of nitrogens with zero attached hydrogens (tertiary/aromatic N) is 2. The zero-order chi connectivity index (χ0) is 18.0. The first-order chi connectivity index (χ1) is 12.0. The number of fused-ring (bicyclic) bond motifs is 1. The third kappa shape index (κ3) is 3.52. The Morgan fingerprint density at radius 2 is 1.96 bits per heavy atom. The average Bonchev–Trinajstić information content (AvgIpc) is 2.62. The summed E-state index contributed by atoms with van der Waals surface area (Å²) in [5.41, 5.74) is 2.85. The summed E-state index contributed by atoms with van der Waals surface area (Å²) in [4.78, 5) is 26.3. The van der Waals surface area contributed by atoms with Gasteiger partial charge in [0.1, 0.15) is 11.5 Å². The van der Waals surface area contributed by atoms with E-state index < -0.39 is 0 Å². The summed E-state index contributed by atoms with van der Waals surface area (Å²) < 4.78 is 12.1. The summed E-state index contributed by atoms with van der Waals surface area (Å²) in [5, 5.41) is 0. The number of carbonyl (C=O) groups is 1. The third-order valence-corrected chi connectivity index (χ3v) is 4.60. The maximum Gasteiger partial charge on any atom is 0.250 e. The molecule has 3 rings (SSSR count). The minimum atomic E-state index is -0.0142. The van der Waals surface area contributed by atoms with Crippen LogP contribution in [0.3, 0.4) is 0 Å². The van der Waals surface area contributed by atoms with Crippen LogP contribution in [0.1, 0.15) is 16.7 Å². The molecule has 0 saturated carbocycles. The van der Waals surface area contributed by atoms with Gasteiger partial charge in [-0.25, -0.2) is 0 Å². The second-order valence-electron chi connectivity index (χ2n) is 6.19. The Labute approximate surface area is 146 Å². The fourth-order valence-corrected chi connectivity index (χ4v) is 3.15. The van der Waals surface area contributed by atoms with E-state index in [9.17, 15) is 9.59 Å². The molecule has 1 aromatic heterocycles. The molecule has 0 aliphatic carbocycles. The average molecular weight is 342 g/mol. The second kappa shape index (κ2) is 7.01. The molecule has 2 heterocycles. The van der Waals surface area contributed by atoms with Crippen molar-refractivity contribution in [3.8, 4) is 11.5 Å². The van der Waals surface area contributed by atoms with Crippen molar-refractivity contribution >= 4 is 5.91 Å². The van der Waals surface area contributed by atoms with E-state index in [0.29, 0.717) is 31.0 Å². The van der Waals surface area contributed by atoms with E-state index in [0.717, 1.165) is 16.7 Å². The van der Waals surface area contributed by atoms with E-state index in [1.165, 1.54) is 0 Å². The molecule has 0 saturated heterocycles. The Kier molecular flexibility index (Phi) is 4.79. The van der Waals surface area contributed by atoms with Crippen molar-refractivity contribution in [2.45, 2.75) is 19.4 Å². The molecule has 25 heavy (non-hydrogen) atoms. The van der Waals surface area contributed by atoms with Gasteiger partial charge >= 0.3 is 0 Å². The van der Waals surface area contributed by atoms with Crippen LogP contribution in [0.4, 0.5) is 0 Å². The maximum atomic E-state index is 12.8. The summed E-state index contributed by atoms with van der Waals surface area (Å²) in [7, 11) is 4.91. The first-order valence-corrected chi connectivity index (χ1v) is 8.19. The highest BCUT2D eigenvalue weighted by atomic mass is 16.5. The van der Waals surface area contributed by atoms with Gasteiger partial charge in [-0.3, -0.25) is 9.59 Å². The molecule has 1 amide bonds. The van der Waals surface area contributed by atoms with Crippen molar-refractivity contribution < 1.29 is 14.3 Å². The Balaban J connectivity index is 1.78. The molecule has 0 bridgehead atoms. The Hall–Kier alpha value is -2.76. The number of ether oxygens (including phenoxy) is 2. The minimum Gasteiger partial charge on any atom is -0.497 e. The first kappa shape index (κ1) is 17.1. The van der Waals surface area contributed by atoms with Crippen LogP contribution in [0, 0.1) is 0 Å². The SMILES string of the molecule is COc1ccc(OC)c(CC(=O)N2CCc3cc(=O)n(C)cc3C2)c1. The monoisotopic (exact) mass is 342 g/mol. The number of aryl methyl sites for hydroxylation is 1. The molecule has 0 N–H and O–H groups in total. The molecule has 6 nitrogen and oxygen atoms in total. The molecule has 1 aromatic carbocycles. The summed E-state index contributed by atoms with van der Waals surface area (Å²) >= 11 is 0. The van der Waals surface area contributed by atoms with Crippen LogP contribution in [0.2, 0.25) is 0 Å². The third-order valence-electron chi connectivity index (χ3n) is 4.60. The lowest BCUT2D eigenvalue weighted by molar-refractivity contribution is -0.131. The van der Waals surface area contributed by atoms with E-state index in [-0.39, 0.29) is 17.9 Å². The van der Waals surface area contributed by atoms with Crippen LogP contribution in [0.25, 0.3) is 0 Å². The van der Waals surface area contributed by atoms with Gasteiger partial charge in [0.15, 0.2) is 0 Å². The van der Waals surface area contributed by atoms with Gasteiger partial charge < -0.3 is 18.9 Å². The highest BCUT2D eigenvalue weighted by Crippen LogP contribution is 2.26. The van der Waals surface area contributed by atoms with Gasteiger partial charge in [0, 0.05) is 38.0 Å². The molecule has 132 valence electrons. The number of pyridine rings is 1. The number of aromatic nitrogens is 1. The summed E-state index contributed by atoms with van der Waals surface area (Å²) in [6, 6.07) is 7.12. The fourth-order valence-electron chi connectivity index (χ4n) is 3.15. The van der Waals surface area contributed by atoms with Gasteiger partial charge in [0.2, 0.25) is 5.91 Å². The van der Waals surface area contributed by atoms with Crippen molar-refractivity contribution in [3.63, 3.8) is 0 Å². The molecule has 2 aromatic rings. The van der Waals surface area contributed by atoms with Gasteiger partial charge in [-0.05, 0) is 35.7 Å². The number of amides is 1. The number of hydrogen-bond acceptors (Lipinski definition) is 4. The predicted molar refractivity (Wildman–Crippen MR) is 94.1 cm³/mol. The normalized spacial score (nSPS) is 13.3. The Morgan fingerprint density at radius 3 is 2.68 bits per heavy atom. The molecule has 1 aliphatic rings. The van der Waals surface area contributed by atoms with Gasteiger partial charge in [-0.15, -0.1) is 0 Å². The molecule has 0 spiro atoms. The van der Waals surface area contributed by atoms with Crippen LogP contribution in [-0.2, 0) is 31.2 Å². The largest absolute Gasteiger partial charge is 0.497 e. The van der Waals surface area contributed by atoms with Crippen molar-refractivity contribution in [2.75, 3.05) is 20.8 Å². The Bertz CT molecular complexity index is 857. The van der Waals surface area contributed by atoms with Crippen molar-refractivity contribution in [2.24, 2.45) is 7.05 Å². The summed E-state index contributed by atoms with van der Waals surface area (Å²) in [6.45, 7) is 1.14. The second-order valence-corrected chi connectivity index (χ2v) is 6.19. The Morgan fingerprint density at radius 1 is 1.16 bits per heavy atom. The lowest BCUT2D eigenvalue weighted by Gasteiger charge is -2.29. The minimum absolute atomic E-state index is 0.0142. The zero-order valence-corrected chi connectivity index (χ0v) is 14.7. The number of carbonyl (C=O) groups excluding carboxylic acids is 1. The van der Waals surface area contributed by atoms with Gasteiger partial charge in [-0.1, -0.05) is 0 Å². The van der Waals surface area contributed by atoms with Crippen LogP contribution in [0.15, 0.2) is 35.3 Å². The van der Waals surface area contributed by atoms with Gasteiger partial charge in [-0.2, -0.15) is 0 Å². The first-order valence-electron chi connectivity index (χ1n) is 8.19. The smallest absolute Gasteiger partial charge is 0.250 e. The molecule has 0 atom stereocenters. The highest BCUT2D eigenvalue weighted by molar-refractivity contribution is 5.80. The van der Waals surface area contributed by atoms with E-state index in [1.807, 2.05) is 29.3 Å². The number of methoxy groups -OCH3 is 2. The zero-order valence-electron chi connectivity index (χ0n) is 14.7. The molecule has 6 heteroatoms. The van der Waals surface area contributed by atoms with Crippen LogP contribution in [0.5, 0.6) is 11.5 Å². The summed E-state index contributed by atoms with van der Waals surface area (Å²) in [5.74, 6) is 1.41. The molecular formula is C19H22N2O4. The number of benzene rings is 1. The van der Waals surface area contributed by atoms with E-state index in [2.05, 4.69) is 0 Å². The molecule has 1 aliphatic heterocycles. The van der Waals surface area contributed by atoms with Gasteiger partial charge in [0.25, 0.3) is 5.56 Å². The maximum absolute atomic E-state index is 12.8. The number of hydrogen-bond donors (Lipinski definition) is 0.